The lowest BCUT2D eigenvalue weighted by Crippen LogP contribution is -2.21. The van der Waals surface area contributed by atoms with Gasteiger partial charge in [0, 0.05) is 16.5 Å². The number of thiophene rings is 1. The van der Waals surface area contributed by atoms with E-state index >= 15 is 0 Å². The quantitative estimate of drug-likeness (QED) is 0.445. The number of carbonyl (C=O) groups excluding carboxylic acids is 2. The number of carbonyl (C=O) groups is 2. The van der Waals surface area contributed by atoms with Crippen molar-refractivity contribution in [2.75, 3.05) is 25.6 Å². The molecule has 0 atom stereocenters. The van der Waals surface area contributed by atoms with Gasteiger partial charge in [-0.1, -0.05) is 35.4 Å². The fourth-order valence-electron chi connectivity index (χ4n) is 2.95. The molecule has 0 radical (unpaired) electrons. The van der Waals surface area contributed by atoms with Gasteiger partial charge in [-0.05, 0) is 38.1 Å². The number of hydrogen-bond donors (Lipinski definition) is 1. The molecule has 0 unspecified atom stereocenters. The molecule has 8 heteroatoms. The standard InChI is InChI=1S/C23H22ClNO5S/c1-4-29-23(27)21-16(15-11-14(2)9-10-18(15)28-3)13-31-22(21)25-20(26)12-30-19-8-6-5-7-17(19)24/h5-11,13H,4,12H2,1-3H3,(H,25,26). The molecule has 3 aromatic rings. The van der Waals surface area contributed by atoms with E-state index in [4.69, 9.17) is 25.8 Å². The van der Waals surface area contributed by atoms with Gasteiger partial charge in [0.05, 0.1) is 18.7 Å². The highest BCUT2D eigenvalue weighted by Gasteiger charge is 2.24. The summed E-state index contributed by atoms with van der Waals surface area (Å²) in [7, 11) is 1.57. The van der Waals surface area contributed by atoms with Crippen LogP contribution in [0, 0.1) is 6.92 Å². The van der Waals surface area contributed by atoms with Gasteiger partial charge < -0.3 is 19.5 Å². The summed E-state index contributed by atoms with van der Waals surface area (Å²) in [4.78, 5) is 25.3. The van der Waals surface area contributed by atoms with Gasteiger partial charge in [0.25, 0.3) is 5.91 Å². The fraction of sp³-hybridized carbons (Fsp3) is 0.217. The van der Waals surface area contributed by atoms with Crippen molar-refractivity contribution in [1.29, 1.82) is 0 Å². The summed E-state index contributed by atoms with van der Waals surface area (Å²) in [6.07, 6.45) is 0. The minimum Gasteiger partial charge on any atom is -0.496 e. The summed E-state index contributed by atoms with van der Waals surface area (Å²) in [6.45, 7) is 3.63. The lowest BCUT2D eigenvalue weighted by atomic mass is 10.0. The maximum absolute atomic E-state index is 12.8. The van der Waals surface area contributed by atoms with Gasteiger partial charge in [-0.25, -0.2) is 4.79 Å². The summed E-state index contributed by atoms with van der Waals surface area (Å²) in [6, 6.07) is 12.6. The van der Waals surface area contributed by atoms with Gasteiger partial charge in [-0.15, -0.1) is 11.3 Å². The number of aryl methyl sites for hydroxylation is 1. The lowest BCUT2D eigenvalue weighted by Gasteiger charge is -2.12. The van der Waals surface area contributed by atoms with Crippen molar-refractivity contribution >= 4 is 39.8 Å². The van der Waals surface area contributed by atoms with Crippen LogP contribution in [0.5, 0.6) is 11.5 Å². The molecule has 6 nitrogen and oxygen atoms in total. The van der Waals surface area contributed by atoms with Crippen molar-refractivity contribution in [3.63, 3.8) is 0 Å². The molecule has 1 amide bonds. The highest BCUT2D eigenvalue weighted by atomic mass is 35.5. The zero-order valence-electron chi connectivity index (χ0n) is 17.4. The summed E-state index contributed by atoms with van der Waals surface area (Å²) < 4.78 is 16.2. The predicted molar refractivity (Wildman–Crippen MR) is 123 cm³/mol. The Balaban J connectivity index is 1.89. The van der Waals surface area contributed by atoms with Gasteiger partial charge >= 0.3 is 5.97 Å². The molecule has 0 fully saturated rings. The van der Waals surface area contributed by atoms with Crippen molar-refractivity contribution in [3.05, 3.63) is 64.0 Å². The molecule has 162 valence electrons. The van der Waals surface area contributed by atoms with E-state index in [0.717, 1.165) is 11.1 Å². The molecule has 3 rings (SSSR count). The number of anilines is 1. The van der Waals surface area contributed by atoms with Crippen molar-refractivity contribution in [2.24, 2.45) is 0 Å². The molecule has 0 bridgehead atoms. The fourth-order valence-corrected chi connectivity index (χ4v) is 4.11. The lowest BCUT2D eigenvalue weighted by molar-refractivity contribution is -0.118. The number of hydrogen-bond acceptors (Lipinski definition) is 6. The number of rotatable bonds is 8. The Labute approximate surface area is 189 Å². The first-order valence-corrected chi connectivity index (χ1v) is 10.8. The maximum atomic E-state index is 12.8. The minimum absolute atomic E-state index is 0.210. The van der Waals surface area contributed by atoms with Crippen molar-refractivity contribution in [2.45, 2.75) is 13.8 Å². The van der Waals surface area contributed by atoms with Crippen molar-refractivity contribution in [3.8, 4) is 22.6 Å². The van der Waals surface area contributed by atoms with Crippen LogP contribution in [-0.4, -0.2) is 32.2 Å². The second kappa shape index (κ2) is 10.3. The Hall–Kier alpha value is -3.03. The molecule has 0 spiro atoms. The molecule has 1 aromatic heterocycles. The van der Waals surface area contributed by atoms with Crippen LogP contribution in [0.4, 0.5) is 5.00 Å². The smallest absolute Gasteiger partial charge is 0.341 e. The molecule has 0 saturated heterocycles. The third-order valence-corrected chi connectivity index (χ3v) is 5.57. The first-order valence-electron chi connectivity index (χ1n) is 9.55. The number of ether oxygens (including phenoxy) is 3. The van der Waals surface area contributed by atoms with Gasteiger partial charge in [0.1, 0.15) is 22.1 Å². The molecule has 0 saturated carbocycles. The summed E-state index contributed by atoms with van der Waals surface area (Å²) in [5.41, 5.74) is 2.67. The van der Waals surface area contributed by atoms with Gasteiger partial charge in [0.2, 0.25) is 0 Å². The summed E-state index contributed by atoms with van der Waals surface area (Å²) in [5, 5.41) is 5.34. The number of benzene rings is 2. The van der Waals surface area contributed by atoms with E-state index in [2.05, 4.69) is 5.32 Å². The largest absolute Gasteiger partial charge is 0.496 e. The molecule has 0 aliphatic rings. The average molecular weight is 460 g/mol. The number of nitrogens with one attached hydrogen (secondary N) is 1. The Kier molecular flexibility index (Phi) is 7.55. The van der Waals surface area contributed by atoms with Crippen molar-refractivity contribution < 1.29 is 23.8 Å². The number of halogens is 1. The molecule has 1 heterocycles. The number of esters is 1. The van der Waals surface area contributed by atoms with Crippen LogP contribution < -0.4 is 14.8 Å². The highest BCUT2D eigenvalue weighted by molar-refractivity contribution is 7.15. The molecule has 31 heavy (non-hydrogen) atoms. The van der Waals surface area contributed by atoms with Crippen LogP contribution >= 0.6 is 22.9 Å². The van der Waals surface area contributed by atoms with Crippen LogP contribution in [0.1, 0.15) is 22.8 Å². The van der Waals surface area contributed by atoms with E-state index in [1.165, 1.54) is 11.3 Å². The Morgan fingerprint density at radius 3 is 2.58 bits per heavy atom. The Morgan fingerprint density at radius 2 is 1.87 bits per heavy atom. The van der Waals surface area contributed by atoms with E-state index < -0.39 is 11.9 Å². The van der Waals surface area contributed by atoms with E-state index in [0.29, 0.717) is 27.1 Å². The molecule has 2 aromatic carbocycles. The first-order chi connectivity index (χ1) is 14.9. The van der Waals surface area contributed by atoms with Crippen LogP contribution in [0.2, 0.25) is 5.02 Å². The number of para-hydroxylation sites is 1. The van der Waals surface area contributed by atoms with Gasteiger partial charge in [0.15, 0.2) is 6.61 Å². The van der Waals surface area contributed by atoms with Crippen molar-refractivity contribution in [1.82, 2.24) is 0 Å². The van der Waals surface area contributed by atoms with Gasteiger partial charge in [-0.3, -0.25) is 4.79 Å². The van der Waals surface area contributed by atoms with E-state index in [-0.39, 0.29) is 18.8 Å². The topological polar surface area (TPSA) is 73.9 Å². The first kappa shape index (κ1) is 22.7. The molecule has 1 N–H and O–H groups in total. The van der Waals surface area contributed by atoms with E-state index in [1.54, 1.807) is 43.7 Å². The molecular weight excluding hydrogens is 438 g/mol. The SMILES string of the molecule is CCOC(=O)c1c(-c2cc(C)ccc2OC)csc1NC(=O)COc1ccccc1Cl. The maximum Gasteiger partial charge on any atom is 0.341 e. The summed E-state index contributed by atoms with van der Waals surface area (Å²) in [5.74, 6) is 0.0786. The number of amides is 1. The average Bonchev–Trinajstić information content (AvgIpc) is 3.16. The molecule has 0 aliphatic heterocycles. The monoisotopic (exact) mass is 459 g/mol. The third kappa shape index (κ3) is 5.37. The van der Waals surface area contributed by atoms with Crippen LogP contribution in [-0.2, 0) is 9.53 Å². The normalized spacial score (nSPS) is 10.5. The predicted octanol–water partition coefficient (Wildman–Crippen LogP) is 5.58. The molecular formula is C23H22ClNO5S. The Morgan fingerprint density at radius 1 is 1.10 bits per heavy atom. The van der Waals surface area contributed by atoms with Gasteiger partial charge in [-0.2, -0.15) is 0 Å². The molecule has 0 aliphatic carbocycles. The zero-order valence-corrected chi connectivity index (χ0v) is 18.9. The van der Waals surface area contributed by atoms with Crippen LogP contribution in [0.3, 0.4) is 0 Å². The minimum atomic E-state index is -0.523. The van der Waals surface area contributed by atoms with E-state index in [9.17, 15) is 9.59 Å². The second-order valence-corrected chi connectivity index (χ2v) is 7.83. The Bertz CT molecular complexity index is 1100. The zero-order chi connectivity index (χ0) is 22.4. The third-order valence-electron chi connectivity index (χ3n) is 4.36. The van der Waals surface area contributed by atoms with Crippen LogP contribution in [0.25, 0.3) is 11.1 Å². The number of methoxy groups -OCH3 is 1. The second-order valence-electron chi connectivity index (χ2n) is 6.54. The highest BCUT2D eigenvalue weighted by Crippen LogP contribution is 2.40. The van der Waals surface area contributed by atoms with E-state index in [1.807, 2.05) is 25.1 Å². The van der Waals surface area contributed by atoms with Crippen LogP contribution in [0.15, 0.2) is 47.8 Å². The summed E-state index contributed by atoms with van der Waals surface area (Å²) >= 11 is 7.29.